The Labute approximate surface area is 188 Å². The van der Waals surface area contributed by atoms with Gasteiger partial charge in [-0.15, -0.1) is 11.3 Å². The highest BCUT2D eigenvalue weighted by Crippen LogP contribution is 2.34. The molecule has 2 aliphatic rings. The number of amides is 3. The van der Waals surface area contributed by atoms with Crippen LogP contribution in [0.4, 0.5) is 4.79 Å². The van der Waals surface area contributed by atoms with Gasteiger partial charge in [0, 0.05) is 24.0 Å². The van der Waals surface area contributed by atoms with E-state index in [-0.39, 0.29) is 30.6 Å². The SMILES string of the molecule is CCCNC(=O)N(CC(=O)N1CCc2sccc2[C@@H]1COc1ccc(C)cc1)C1CC1. The van der Waals surface area contributed by atoms with Crippen molar-refractivity contribution in [1.29, 1.82) is 0 Å². The molecule has 31 heavy (non-hydrogen) atoms. The zero-order chi connectivity index (χ0) is 21.8. The van der Waals surface area contributed by atoms with Gasteiger partial charge in [-0.25, -0.2) is 4.79 Å². The Morgan fingerprint density at radius 2 is 2.00 bits per heavy atom. The lowest BCUT2D eigenvalue weighted by atomic mass is 10.0. The maximum absolute atomic E-state index is 13.4. The average Bonchev–Trinajstić information content (AvgIpc) is 3.50. The van der Waals surface area contributed by atoms with Gasteiger partial charge in [-0.05, 0) is 61.7 Å². The normalized spacial score (nSPS) is 17.7. The highest BCUT2D eigenvalue weighted by atomic mass is 32.1. The van der Waals surface area contributed by atoms with E-state index in [0.29, 0.717) is 19.7 Å². The van der Waals surface area contributed by atoms with Crippen molar-refractivity contribution in [2.24, 2.45) is 0 Å². The molecule has 0 bridgehead atoms. The van der Waals surface area contributed by atoms with E-state index >= 15 is 0 Å². The van der Waals surface area contributed by atoms with Crippen LogP contribution in [0.1, 0.15) is 48.2 Å². The Bertz CT molecular complexity index is 907. The first-order chi connectivity index (χ1) is 15.1. The molecule has 1 saturated carbocycles. The molecule has 4 rings (SSSR count). The molecule has 7 heteroatoms. The van der Waals surface area contributed by atoms with Crippen LogP contribution >= 0.6 is 11.3 Å². The fourth-order valence-corrected chi connectivity index (χ4v) is 4.94. The van der Waals surface area contributed by atoms with E-state index in [2.05, 4.69) is 16.8 Å². The van der Waals surface area contributed by atoms with Gasteiger partial charge in [-0.2, -0.15) is 0 Å². The number of nitrogens with one attached hydrogen (secondary N) is 1. The second kappa shape index (κ2) is 9.73. The Balaban J connectivity index is 1.47. The fourth-order valence-electron chi connectivity index (χ4n) is 4.01. The van der Waals surface area contributed by atoms with Crippen molar-refractivity contribution in [2.45, 2.75) is 51.6 Å². The fraction of sp³-hybridized carbons (Fsp3) is 0.500. The molecule has 0 unspecified atom stereocenters. The number of thiophene rings is 1. The number of aryl methyl sites for hydroxylation is 1. The quantitative estimate of drug-likeness (QED) is 0.670. The number of urea groups is 1. The van der Waals surface area contributed by atoms with Crippen LogP contribution in [0.5, 0.6) is 5.75 Å². The minimum absolute atomic E-state index is 0.00657. The highest BCUT2D eigenvalue weighted by Gasteiger charge is 2.37. The number of ether oxygens (including phenoxy) is 1. The molecule has 166 valence electrons. The van der Waals surface area contributed by atoms with Crippen LogP contribution in [0.3, 0.4) is 0 Å². The molecular formula is C24H31N3O3S. The van der Waals surface area contributed by atoms with Gasteiger partial charge in [0.2, 0.25) is 5.91 Å². The van der Waals surface area contributed by atoms with Crippen molar-refractivity contribution in [3.05, 3.63) is 51.7 Å². The van der Waals surface area contributed by atoms with Gasteiger partial charge in [0.05, 0.1) is 6.04 Å². The molecule has 1 aliphatic carbocycles. The van der Waals surface area contributed by atoms with Crippen LogP contribution in [0.15, 0.2) is 35.7 Å². The van der Waals surface area contributed by atoms with Gasteiger partial charge < -0.3 is 19.9 Å². The van der Waals surface area contributed by atoms with Crippen molar-refractivity contribution in [3.63, 3.8) is 0 Å². The summed E-state index contributed by atoms with van der Waals surface area (Å²) in [5, 5.41) is 5.02. The van der Waals surface area contributed by atoms with Crippen molar-refractivity contribution in [2.75, 3.05) is 26.2 Å². The van der Waals surface area contributed by atoms with Gasteiger partial charge in [0.1, 0.15) is 18.9 Å². The van der Waals surface area contributed by atoms with Gasteiger partial charge in [0.25, 0.3) is 0 Å². The molecule has 0 saturated heterocycles. The van der Waals surface area contributed by atoms with E-state index in [4.69, 9.17) is 4.74 Å². The number of rotatable bonds is 8. The van der Waals surface area contributed by atoms with Crippen LogP contribution in [0.2, 0.25) is 0 Å². The summed E-state index contributed by atoms with van der Waals surface area (Å²) < 4.78 is 6.09. The van der Waals surface area contributed by atoms with E-state index in [0.717, 1.165) is 31.4 Å². The summed E-state index contributed by atoms with van der Waals surface area (Å²) >= 11 is 1.74. The number of nitrogens with zero attached hydrogens (tertiary/aromatic N) is 2. The number of carbonyl (C=O) groups excluding carboxylic acids is 2. The molecule has 1 aromatic carbocycles. The molecule has 0 radical (unpaired) electrons. The van der Waals surface area contributed by atoms with Crippen LogP contribution < -0.4 is 10.1 Å². The van der Waals surface area contributed by atoms with E-state index in [1.54, 1.807) is 16.2 Å². The van der Waals surface area contributed by atoms with Gasteiger partial charge in [0.15, 0.2) is 0 Å². The Hall–Kier alpha value is -2.54. The van der Waals surface area contributed by atoms with Gasteiger partial charge in [-0.3, -0.25) is 4.79 Å². The van der Waals surface area contributed by atoms with Crippen molar-refractivity contribution in [1.82, 2.24) is 15.1 Å². The smallest absolute Gasteiger partial charge is 0.318 e. The number of hydrogen-bond acceptors (Lipinski definition) is 4. The second-order valence-corrected chi connectivity index (χ2v) is 9.37. The number of carbonyl (C=O) groups is 2. The maximum Gasteiger partial charge on any atom is 0.318 e. The summed E-state index contributed by atoms with van der Waals surface area (Å²) in [6.45, 7) is 5.89. The van der Waals surface area contributed by atoms with Crippen LogP contribution in [0, 0.1) is 6.92 Å². The zero-order valence-corrected chi connectivity index (χ0v) is 19.1. The van der Waals surface area contributed by atoms with E-state index in [1.165, 1.54) is 16.0 Å². The first-order valence-corrected chi connectivity index (χ1v) is 12.0. The van der Waals surface area contributed by atoms with E-state index < -0.39 is 0 Å². The van der Waals surface area contributed by atoms with E-state index in [1.807, 2.05) is 43.0 Å². The van der Waals surface area contributed by atoms with Crippen molar-refractivity contribution in [3.8, 4) is 5.75 Å². The minimum atomic E-state index is -0.136. The third-order valence-corrected chi connectivity index (χ3v) is 6.92. The molecule has 1 fully saturated rings. The Morgan fingerprint density at radius 3 is 2.71 bits per heavy atom. The molecule has 1 N–H and O–H groups in total. The lowest BCUT2D eigenvalue weighted by molar-refractivity contribution is -0.135. The van der Waals surface area contributed by atoms with Crippen molar-refractivity contribution >= 4 is 23.3 Å². The molecular weight excluding hydrogens is 410 g/mol. The molecule has 1 atom stereocenters. The average molecular weight is 442 g/mol. The number of benzene rings is 1. The van der Waals surface area contributed by atoms with Crippen LogP contribution in [-0.2, 0) is 11.2 Å². The summed E-state index contributed by atoms with van der Waals surface area (Å²) in [6.07, 6.45) is 3.68. The second-order valence-electron chi connectivity index (χ2n) is 8.37. The standard InChI is InChI=1S/C24H31N3O3S/c1-3-12-25-24(29)27(18-6-7-18)15-23(28)26-13-10-22-20(11-14-31-22)21(26)16-30-19-8-4-17(2)5-9-19/h4-5,8-9,11,14,18,21H,3,6-7,10,12-13,15-16H2,1-2H3,(H,25,29)/t21-/m0/s1. The topological polar surface area (TPSA) is 61.9 Å². The largest absolute Gasteiger partial charge is 0.491 e. The predicted octanol–water partition coefficient (Wildman–Crippen LogP) is 4.15. The molecule has 3 amide bonds. The van der Waals surface area contributed by atoms with Crippen LogP contribution in [0.25, 0.3) is 0 Å². The molecule has 6 nitrogen and oxygen atoms in total. The molecule has 1 aliphatic heterocycles. The Morgan fingerprint density at radius 1 is 1.23 bits per heavy atom. The summed E-state index contributed by atoms with van der Waals surface area (Å²) in [6, 6.07) is 10.0. The predicted molar refractivity (Wildman–Crippen MR) is 123 cm³/mol. The summed E-state index contributed by atoms with van der Waals surface area (Å²) in [5.74, 6) is 0.798. The third kappa shape index (κ3) is 5.21. The molecule has 0 spiro atoms. The van der Waals surface area contributed by atoms with Gasteiger partial charge >= 0.3 is 6.03 Å². The summed E-state index contributed by atoms with van der Waals surface area (Å²) in [5.41, 5.74) is 2.36. The number of hydrogen-bond donors (Lipinski definition) is 1. The minimum Gasteiger partial charge on any atom is -0.491 e. The zero-order valence-electron chi connectivity index (χ0n) is 18.3. The molecule has 1 aromatic heterocycles. The first kappa shape index (κ1) is 21.7. The van der Waals surface area contributed by atoms with Crippen molar-refractivity contribution < 1.29 is 14.3 Å². The summed E-state index contributed by atoms with van der Waals surface area (Å²) in [4.78, 5) is 30.9. The monoisotopic (exact) mass is 441 g/mol. The highest BCUT2D eigenvalue weighted by molar-refractivity contribution is 7.10. The molecule has 2 aromatic rings. The number of fused-ring (bicyclic) bond motifs is 1. The Kier molecular flexibility index (Phi) is 6.80. The first-order valence-electron chi connectivity index (χ1n) is 11.2. The lowest BCUT2D eigenvalue weighted by Gasteiger charge is -2.37. The van der Waals surface area contributed by atoms with E-state index in [9.17, 15) is 9.59 Å². The summed E-state index contributed by atoms with van der Waals surface area (Å²) in [7, 11) is 0. The lowest BCUT2D eigenvalue weighted by Crippen LogP contribution is -2.50. The third-order valence-electron chi connectivity index (χ3n) is 5.92. The van der Waals surface area contributed by atoms with Gasteiger partial charge in [-0.1, -0.05) is 24.6 Å². The molecule has 2 heterocycles. The van der Waals surface area contributed by atoms with Crippen LogP contribution in [-0.4, -0.2) is 54.0 Å². The maximum atomic E-state index is 13.4.